The van der Waals surface area contributed by atoms with Gasteiger partial charge in [-0.05, 0) is 29.8 Å². The average molecular weight is 404 g/mol. The Kier molecular flexibility index (Phi) is 6.20. The largest absolute Gasteiger partial charge is 0.305 e. The van der Waals surface area contributed by atoms with Crippen LogP contribution in [0.1, 0.15) is 5.56 Å². The fraction of sp³-hybridized carbons (Fsp3) is 0.111. The van der Waals surface area contributed by atoms with E-state index in [1.807, 2.05) is 19.2 Å². The van der Waals surface area contributed by atoms with Gasteiger partial charge in [0.15, 0.2) is 11.0 Å². The maximum Gasteiger partial charge on any atom is 0.250 e. The van der Waals surface area contributed by atoms with E-state index in [2.05, 4.69) is 20.7 Å². The van der Waals surface area contributed by atoms with Crippen LogP contribution in [0.15, 0.2) is 58.8 Å². The van der Waals surface area contributed by atoms with E-state index in [1.165, 1.54) is 30.1 Å². The Morgan fingerprint density at radius 2 is 2.07 bits per heavy atom. The van der Waals surface area contributed by atoms with Crippen LogP contribution in [0.2, 0.25) is 5.02 Å². The van der Waals surface area contributed by atoms with Gasteiger partial charge in [0.1, 0.15) is 5.82 Å². The van der Waals surface area contributed by atoms with Gasteiger partial charge in [-0.2, -0.15) is 5.10 Å². The fourth-order valence-corrected chi connectivity index (χ4v) is 3.10. The molecule has 1 amide bonds. The van der Waals surface area contributed by atoms with Gasteiger partial charge in [0.2, 0.25) is 0 Å². The summed E-state index contributed by atoms with van der Waals surface area (Å²) in [5.41, 5.74) is 3.95. The summed E-state index contributed by atoms with van der Waals surface area (Å²) < 4.78 is 14.6. The standard InChI is InChI=1S/C18H15ClFN5OS/c1-25-17(13-3-2-4-14(19)9-13)23-24-18(25)27-11-16(26)22-21-10-12-5-7-15(20)8-6-12/h2-10H,11H2,1H3,(H,22,26). The first kappa shape index (κ1) is 19.1. The van der Waals surface area contributed by atoms with Gasteiger partial charge in [-0.3, -0.25) is 4.79 Å². The summed E-state index contributed by atoms with van der Waals surface area (Å²) in [6.07, 6.45) is 1.45. The lowest BCUT2D eigenvalue weighted by Crippen LogP contribution is -2.19. The van der Waals surface area contributed by atoms with E-state index in [-0.39, 0.29) is 17.5 Å². The van der Waals surface area contributed by atoms with Gasteiger partial charge in [0, 0.05) is 17.6 Å². The molecule has 9 heteroatoms. The predicted molar refractivity (Wildman–Crippen MR) is 104 cm³/mol. The lowest BCUT2D eigenvalue weighted by Gasteiger charge is -2.04. The highest BCUT2D eigenvalue weighted by Gasteiger charge is 2.13. The number of carbonyl (C=O) groups excluding carboxylic acids is 1. The second-order valence-corrected chi connectivity index (χ2v) is 6.89. The van der Waals surface area contributed by atoms with Crippen molar-refractivity contribution in [3.63, 3.8) is 0 Å². The number of hydrazone groups is 1. The Hall–Kier alpha value is -2.71. The number of benzene rings is 2. The molecule has 0 aliphatic rings. The molecule has 6 nitrogen and oxygen atoms in total. The number of amides is 1. The summed E-state index contributed by atoms with van der Waals surface area (Å²) >= 11 is 7.25. The molecule has 2 aromatic carbocycles. The van der Waals surface area contributed by atoms with Crippen molar-refractivity contribution in [1.82, 2.24) is 20.2 Å². The number of rotatable bonds is 6. The van der Waals surface area contributed by atoms with Crippen LogP contribution in [0.25, 0.3) is 11.4 Å². The van der Waals surface area contributed by atoms with Crippen LogP contribution in [0.5, 0.6) is 0 Å². The molecule has 3 aromatic rings. The second-order valence-electron chi connectivity index (χ2n) is 5.51. The van der Waals surface area contributed by atoms with Crippen molar-refractivity contribution >= 4 is 35.5 Å². The van der Waals surface area contributed by atoms with Crippen LogP contribution < -0.4 is 5.43 Å². The molecule has 0 atom stereocenters. The molecule has 0 radical (unpaired) electrons. The smallest absolute Gasteiger partial charge is 0.250 e. The first-order chi connectivity index (χ1) is 13.0. The van der Waals surface area contributed by atoms with Gasteiger partial charge in [-0.1, -0.05) is 47.6 Å². The molecule has 1 heterocycles. The highest BCUT2D eigenvalue weighted by atomic mass is 35.5. The molecular weight excluding hydrogens is 389 g/mol. The van der Waals surface area contributed by atoms with Gasteiger partial charge >= 0.3 is 0 Å². The Morgan fingerprint density at radius 3 is 2.81 bits per heavy atom. The van der Waals surface area contributed by atoms with E-state index < -0.39 is 0 Å². The van der Waals surface area contributed by atoms with E-state index in [4.69, 9.17) is 11.6 Å². The quantitative estimate of drug-likeness (QED) is 0.388. The van der Waals surface area contributed by atoms with Gasteiger partial charge in [0.25, 0.3) is 5.91 Å². The van der Waals surface area contributed by atoms with Crippen molar-refractivity contribution in [3.8, 4) is 11.4 Å². The van der Waals surface area contributed by atoms with E-state index >= 15 is 0 Å². The molecule has 0 aliphatic heterocycles. The minimum Gasteiger partial charge on any atom is -0.305 e. The van der Waals surface area contributed by atoms with Gasteiger partial charge in [-0.25, -0.2) is 9.82 Å². The molecule has 1 N–H and O–H groups in total. The highest BCUT2D eigenvalue weighted by molar-refractivity contribution is 7.99. The Labute approximate surface area is 164 Å². The number of halogens is 2. The third kappa shape index (κ3) is 5.15. The van der Waals surface area contributed by atoms with Crippen molar-refractivity contribution in [2.75, 3.05) is 5.75 Å². The van der Waals surface area contributed by atoms with E-state index in [0.29, 0.717) is 21.6 Å². The summed E-state index contributed by atoms with van der Waals surface area (Å²) in [5, 5.41) is 13.3. The average Bonchev–Trinajstić information content (AvgIpc) is 3.02. The molecule has 138 valence electrons. The van der Waals surface area contributed by atoms with Gasteiger partial charge < -0.3 is 4.57 Å². The molecule has 0 spiro atoms. The maximum atomic E-state index is 12.8. The molecule has 0 saturated heterocycles. The van der Waals surface area contributed by atoms with Crippen LogP contribution in [-0.2, 0) is 11.8 Å². The minimum absolute atomic E-state index is 0.127. The summed E-state index contributed by atoms with van der Waals surface area (Å²) in [6.45, 7) is 0. The van der Waals surface area contributed by atoms with Crippen LogP contribution in [-0.4, -0.2) is 32.6 Å². The molecule has 0 fully saturated rings. The van der Waals surface area contributed by atoms with Gasteiger partial charge in [-0.15, -0.1) is 10.2 Å². The third-order valence-electron chi connectivity index (χ3n) is 3.52. The van der Waals surface area contributed by atoms with Crippen molar-refractivity contribution in [2.45, 2.75) is 5.16 Å². The zero-order valence-electron chi connectivity index (χ0n) is 14.3. The molecule has 27 heavy (non-hydrogen) atoms. The van der Waals surface area contributed by atoms with Crippen molar-refractivity contribution in [1.29, 1.82) is 0 Å². The highest BCUT2D eigenvalue weighted by Crippen LogP contribution is 2.24. The number of nitrogens with one attached hydrogen (secondary N) is 1. The molecular formula is C18H15ClFN5OS. The Balaban J connectivity index is 1.55. The van der Waals surface area contributed by atoms with Crippen molar-refractivity contribution in [3.05, 3.63) is 64.9 Å². The molecule has 3 rings (SSSR count). The first-order valence-corrected chi connectivity index (χ1v) is 9.25. The molecule has 0 aliphatic carbocycles. The monoisotopic (exact) mass is 403 g/mol. The number of thioether (sulfide) groups is 1. The first-order valence-electron chi connectivity index (χ1n) is 7.88. The SMILES string of the molecule is Cn1c(SCC(=O)NN=Cc2ccc(F)cc2)nnc1-c1cccc(Cl)c1. The number of carbonyl (C=O) groups is 1. The number of hydrogen-bond donors (Lipinski definition) is 1. The van der Waals surface area contributed by atoms with E-state index in [1.54, 1.807) is 28.8 Å². The summed E-state index contributed by atoms with van der Waals surface area (Å²) in [6, 6.07) is 13.1. The van der Waals surface area contributed by atoms with Crippen LogP contribution in [0.3, 0.4) is 0 Å². The Bertz CT molecular complexity index is 974. The second kappa shape index (κ2) is 8.79. The summed E-state index contributed by atoms with van der Waals surface area (Å²) in [5.74, 6) is 0.177. The van der Waals surface area contributed by atoms with Gasteiger partial charge in [0.05, 0.1) is 12.0 Å². The van der Waals surface area contributed by atoms with Crippen LogP contribution in [0, 0.1) is 5.82 Å². The number of hydrogen-bond acceptors (Lipinski definition) is 5. The number of aromatic nitrogens is 3. The summed E-state index contributed by atoms with van der Waals surface area (Å²) in [4.78, 5) is 11.9. The number of nitrogens with zero attached hydrogens (tertiary/aromatic N) is 4. The lowest BCUT2D eigenvalue weighted by molar-refractivity contribution is -0.118. The zero-order chi connectivity index (χ0) is 19.2. The summed E-state index contributed by atoms with van der Waals surface area (Å²) in [7, 11) is 1.82. The molecule has 1 aromatic heterocycles. The molecule has 0 bridgehead atoms. The minimum atomic E-state index is -0.326. The fourth-order valence-electron chi connectivity index (χ4n) is 2.21. The predicted octanol–water partition coefficient (Wildman–Crippen LogP) is 3.52. The van der Waals surface area contributed by atoms with Crippen molar-refractivity contribution in [2.24, 2.45) is 12.1 Å². The van der Waals surface area contributed by atoms with Crippen molar-refractivity contribution < 1.29 is 9.18 Å². The molecule has 0 saturated carbocycles. The topological polar surface area (TPSA) is 72.2 Å². The normalized spacial score (nSPS) is 11.1. The van der Waals surface area contributed by atoms with Crippen LogP contribution in [0.4, 0.5) is 4.39 Å². The van der Waals surface area contributed by atoms with E-state index in [9.17, 15) is 9.18 Å². The zero-order valence-corrected chi connectivity index (χ0v) is 15.8. The van der Waals surface area contributed by atoms with E-state index in [0.717, 1.165) is 5.56 Å². The Morgan fingerprint density at radius 1 is 1.30 bits per heavy atom. The third-order valence-corrected chi connectivity index (χ3v) is 4.78. The molecule has 0 unspecified atom stereocenters. The maximum absolute atomic E-state index is 12.8. The van der Waals surface area contributed by atoms with Crippen LogP contribution >= 0.6 is 23.4 Å². The lowest BCUT2D eigenvalue weighted by atomic mass is 10.2.